The van der Waals surface area contributed by atoms with Crippen molar-refractivity contribution in [1.82, 2.24) is 9.58 Å². The van der Waals surface area contributed by atoms with E-state index in [9.17, 15) is 4.79 Å². The molecule has 1 aliphatic rings. The highest BCUT2D eigenvalue weighted by Gasteiger charge is 2.35. The molecule has 34 heavy (non-hydrogen) atoms. The zero-order valence-corrected chi connectivity index (χ0v) is 20.9. The molecule has 2 aromatic heterocycles. The predicted octanol–water partition coefficient (Wildman–Crippen LogP) is 5.73. The van der Waals surface area contributed by atoms with Gasteiger partial charge in [-0.15, -0.1) is 23.1 Å². The first kappa shape index (κ1) is 22.6. The number of thiophene rings is 1. The number of fused-ring (bicyclic) bond motifs is 1. The summed E-state index contributed by atoms with van der Waals surface area (Å²) in [7, 11) is 5.27. The highest BCUT2D eigenvalue weighted by atomic mass is 32.2. The van der Waals surface area contributed by atoms with Gasteiger partial charge in [0, 0.05) is 41.0 Å². The number of methoxy groups -OCH3 is 2. The van der Waals surface area contributed by atoms with Gasteiger partial charge in [-0.25, -0.2) is 5.01 Å². The van der Waals surface area contributed by atoms with E-state index in [0.29, 0.717) is 17.9 Å². The maximum Gasteiger partial charge on any atom is 0.253 e. The minimum absolute atomic E-state index is 0.0423. The van der Waals surface area contributed by atoms with Crippen molar-refractivity contribution in [1.29, 1.82) is 0 Å². The minimum atomic E-state index is -0.261. The normalized spacial score (nSPS) is 15.6. The van der Waals surface area contributed by atoms with Gasteiger partial charge >= 0.3 is 0 Å². The Labute approximate surface area is 206 Å². The lowest BCUT2D eigenvalue weighted by Gasteiger charge is -2.24. The summed E-state index contributed by atoms with van der Waals surface area (Å²) < 4.78 is 13.3. The molecule has 0 N–H and O–H groups in total. The van der Waals surface area contributed by atoms with Crippen LogP contribution in [-0.4, -0.2) is 41.2 Å². The van der Waals surface area contributed by atoms with Gasteiger partial charge in [0.1, 0.15) is 0 Å². The zero-order chi connectivity index (χ0) is 23.7. The summed E-state index contributed by atoms with van der Waals surface area (Å²) >= 11 is 3.18. The second-order valence-electron chi connectivity index (χ2n) is 7.98. The molecule has 4 aromatic rings. The van der Waals surface area contributed by atoms with Crippen LogP contribution in [0.5, 0.6) is 11.5 Å². The molecule has 0 bridgehead atoms. The summed E-state index contributed by atoms with van der Waals surface area (Å²) in [4.78, 5) is 15.7. The Kier molecular flexibility index (Phi) is 6.34. The number of carbonyl (C=O) groups is 1. The number of hydrogen-bond donors (Lipinski definition) is 0. The first-order valence-electron chi connectivity index (χ1n) is 10.9. The molecular weight excluding hydrogens is 466 g/mol. The standard InChI is InChI=1S/C26H25N3O3S2/c1-28-15-24(17-8-4-5-10-20(17)28)34-16-25(30)29-21(14-19(27-29)23-12-7-13-33-23)18-9-6-11-22(31-2)26(18)32-3/h4-13,15,21H,14,16H2,1-3H3/t21-/m1/s1. The molecule has 0 spiro atoms. The van der Waals surface area contributed by atoms with Crippen molar-refractivity contribution in [2.75, 3.05) is 20.0 Å². The topological polar surface area (TPSA) is 56.1 Å². The Morgan fingerprint density at radius 3 is 2.74 bits per heavy atom. The van der Waals surface area contributed by atoms with Crippen molar-refractivity contribution >= 4 is 45.6 Å². The molecule has 0 fully saturated rings. The summed E-state index contributed by atoms with van der Waals surface area (Å²) in [6, 6.07) is 17.8. The van der Waals surface area contributed by atoms with E-state index in [1.54, 1.807) is 42.3 Å². The van der Waals surface area contributed by atoms with Crippen LogP contribution in [0, 0.1) is 0 Å². The van der Waals surface area contributed by atoms with Crippen molar-refractivity contribution < 1.29 is 14.3 Å². The number of amides is 1. The van der Waals surface area contributed by atoms with Crippen molar-refractivity contribution in [3.63, 3.8) is 0 Å². The number of benzene rings is 2. The van der Waals surface area contributed by atoms with Crippen LogP contribution >= 0.6 is 23.1 Å². The van der Waals surface area contributed by atoms with Crippen LogP contribution in [0.1, 0.15) is 22.9 Å². The van der Waals surface area contributed by atoms with E-state index in [0.717, 1.165) is 32.0 Å². The number of hydrazone groups is 1. The molecule has 1 atom stereocenters. The van der Waals surface area contributed by atoms with Crippen LogP contribution < -0.4 is 9.47 Å². The third kappa shape index (κ3) is 4.08. The van der Waals surface area contributed by atoms with E-state index in [-0.39, 0.29) is 17.7 Å². The molecule has 5 rings (SSSR count). The quantitative estimate of drug-likeness (QED) is 0.310. The van der Waals surface area contributed by atoms with Crippen LogP contribution in [0.25, 0.3) is 10.9 Å². The van der Waals surface area contributed by atoms with Gasteiger partial charge in [-0.2, -0.15) is 5.10 Å². The number of carbonyl (C=O) groups excluding carboxylic acids is 1. The molecule has 0 saturated carbocycles. The molecule has 0 saturated heterocycles. The van der Waals surface area contributed by atoms with Gasteiger partial charge in [-0.05, 0) is 23.6 Å². The monoisotopic (exact) mass is 491 g/mol. The lowest BCUT2D eigenvalue weighted by molar-refractivity contribution is -0.130. The molecule has 6 nitrogen and oxygen atoms in total. The van der Waals surface area contributed by atoms with Crippen LogP contribution in [0.3, 0.4) is 0 Å². The van der Waals surface area contributed by atoms with Crippen LogP contribution in [0.4, 0.5) is 0 Å². The van der Waals surface area contributed by atoms with Crippen molar-refractivity contribution in [2.24, 2.45) is 12.1 Å². The van der Waals surface area contributed by atoms with Gasteiger partial charge in [0.15, 0.2) is 11.5 Å². The largest absolute Gasteiger partial charge is 0.493 e. The van der Waals surface area contributed by atoms with Crippen LogP contribution in [0.2, 0.25) is 0 Å². The third-order valence-corrected chi connectivity index (χ3v) is 7.92. The molecule has 3 heterocycles. The van der Waals surface area contributed by atoms with Crippen molar-refractivity contribution in [2.45, 2.75) is 17.4 Å². The van der Waals surface area contributed by atoms with Gasteiger partial charge < -0.3 is 14.0 Å². The van der Waals surface area contributed by atoms with Crippen LogP contribution in [0.15, 0.2) is 76.2 Å². The predicted molar refractivity (Wildman–Crippen MR) is 138 cm³/mol. The van der Waals surface area contributed by atoms with E-state index in [2.05, 4.69) is 22.9 Å². The molecule has 0 unspecified atom stereocenters. The summed E-state index contributed by atoms with van der Waals surface area (Å²) in [6.07, 6.45) is 2.70. The van der Waals surface area contributed by atoms with E-state index in [1.165, 1.54) is 0 Å². The average Bonchev–Trinajstić information content (AvgIpc) is 3.61. The fraction of sp³-hybridized carbons (Fsp3) is 0.231. The molecule has 0 radical (unpaired) electrons. The first-order valence-corrected chi connectivity index (χ1v) is 12.8. The van der Waals surface area contributed by atoms with E-state index in [1.807, 2.05) is 54.9 Å². The average molecular weight is 492 g/mol. The summed E-state index contributed by atoms with van der Waals surface area (Å²) in [5.41, 5.74) is 2.95. The van der Waals surface area contributed by atoms with Crippen molar-refractivity contribution in [3.05, 3.63) is 76.6 Å². The zero-order valence-electron chi connectivity index (χ0n) is 19.2. The number of aromatic nitrogens is 1. The van der Waals surface area contributed by atoms with Gasteiger partial charge in [0.25, 0.3) is 5.91 Å². The number of thioether (sulfide) groups is 1. The summed E-state index contributed by atoms with van der Waals surface area (Å²) in [6.45, 7) is 0. The smallest absolute Gasteiger partial charge is 0.253 e. The molecule has 1 amide bonds. The Balaban J connectivity index is 1.45. The second-order valence-corrected chi connectivity index (χ2v) is 9.94. The Hall–Kier alpha value is -3.23. The van der Waals surface area contributed by atoms with Gasteiger partial charge in [-0.1, -0.05) is 36.4 Å². The maximum atomic E-state index is 13.5. The minimum Gasteiger partial charge on any atom is -0.493 e. The van der Waals surface area contributed by atoms with Gasteiger partial charge in [0.05, 0.1) is 36.6 Å². The maximum absolute atomic E-state index is 13.5. The third-order valence-electron chi connectivity index (χ3n) is 5.98. The molecule has 174 valence electrons. The second kappa shape index (κ2) is 9.56. The highest BCUT2D eigenvalue weighted by Crippen LogP contribution is 2.42. The number of rotatable bonds is 7. The molecular formula is C26H25N3O3S2. The molecule has 1 aliphatic heterocycles. The number of nitrogens with zero attached hydrogens (tertiary/aromatic N) is 3. The highest BCUT2D eigenvalue weighted by molar-refractivity contribution is 8.00. The fourth-order valence-electron chi connectivity index (χ4n) is 4.37. The lowest BCUT2D eigenvalue weighted by Crippen LogP contribution is -2.28. The SMILES string of the molecule is COc1cccc([C@H]2CC(c3cccs3)=NN2C(=O)CSc2cn(C)c3ccccc23)c1OC. The van der Waals surface area contributed by atoms with Gasteiger partial charge in [-0.3, -0.25) is 4.79 Å². The molecule has 2 aromatic carbocycles. The number of hydrogen-bond acceptors (Lipinski definition) is 6. The first-order chi connectivity index (χ1) is 16.6. The Morgan fingerprint density at radius 2 is 1.97 bits per heavy atom. The summed E-state index contributed by atoms with van der Waals surface area (Å²) in [5.74, 6) is 1.52. The Morgan fingerprint density at radius 1 is 1.12 bits per heavy atom. The lowest BCUT2D eigenvalue weighted by atomic mass is 9.99. The van der Waals surface area contributed by atoms with Crippen LogP contribution in [-0.2, 0) is 11.8 Å². The Bertz CT molecular complexity index is 1360. The van der Waals surface area contributed by atoms with Gasteiger partial charge in [0.2, 0.25) is 0 Å². The molecule has 8 heteroatoms. The number of ether oxygens (including phenoxy) is 2. The number of aryl methyl sites for hydroxylation is 1. The van der Waals surface area contributed by atoms with E-state index in [4.69, 9.17) is 14.6 Å². The summed E-state index contributed by atoms with van der Waals surface area (Å²) in [5, 5.41) is 9.60. The van der Waals surface area contributed by atoms with E-state index < -0.39 is 0 Å². The number of para-hydroxylation sites is 2. The van der Waals surface area contributed by atoms with Crippen molar-refractivity contribution in [3.8, 4) is 11.5 Å². The van der Waals surface area contributed by atoms with E-state index >= 15 is 0 Å². The fourth-order valence-corrected chi connectivity index (χ4v) is 6.07. The molecule has 0 aliphatic carbocycles.